The molecule has 1 unspecified atom stereocenters. The fraction of sp³-hybridized carbons (Fsp3) is 0.250. The number of para-hydroxylation sites is 1. The molecule has 170 valence electrons. The van der Waals surface area contributed by atoms with Crippen molar-refractivity contribution >= 4 is 22.7 Å². The number of nitro groups is 1. The summed E-state index contributed by atoms with van der Waals surface area (Å²) < 4.78 is 5.46. The van der Waals surface area contributed by atoms with Crippen LogP contribution in [0.5, 0.6) is 0 Å². The quantitative estimate of drug-likeness (QED) is 0.274. The topological polar surface area (TPSA) is 126 Å². The van der Waals surface area contributed by atoms with Gasteiger partial charge in [-0.15, -0.1) is 0 Å². The lowest BCUT2D eigenvalue weighted by atomic mass is 10.0. The second-order valence-electron chi connectivity index (χ2n) is 8.75. The van der Waals surface area contributed by atoms with Gasteiger partial charge in [-0.05, 0) is 44.5 Å². The molecule has 4 rings (SSSR count). The van der Waals surface area contributed by atoms with Gasteiger partial charge < -0.3 is 20.0 Å². The molecule has 0 aliphatic heterocycles. The van der Waals surface area contributed by atoms with Crippen molar-refractivity contribution in [2.24, 2.45) is 0 Å². The molecular formula is C24H25N5O4. The lowest BCUT2D eigenvalue weighted by molar-refractivity contribution is -0.384. The van der Waals surface area contributed by atoms with E-state index in [1.165, 1.54) is 12.1 Å². The lowest BCUT2D eigenvalue weighted by Crippen LogP contribution is -2.36. The van der Waals surface area contributed by atoms with Gasteiger partial charge >= 0.3 is 6.09 Å². The highest BCUT2D eigenvalue weighted by Crippen LogP contribution is 2.26. The van der Waals surface area contributed by atoms with Crippen LogP contribution in [0.3, 0.4) is 0 Å². The summed E-state index contributed by atoms with van der Waals surface area (Å²) in [5, 5.41) is 14.9. The third-order valence-electron chi connectivity index (χ3n) is 5.10. The molecule has 3 N–H and O–H groups in total. The van der Waals surface area contributed by atoms with E-state index in [1.807, 2.05) is 30.5 Å². The zero-order valence-electron chi connectivity index (χ0n) is 18.6. The summed E-state index contributed by atoms with van der Waals surface area (Å²) in [6.07, 6.45) is 3.52. The van der Waals surface area contributed by atoms with Crippen LogP contribution in [0.2, 0.25) is 0 Å². The third kappa shape index (κ3) is 5.20. The molecule has 0 saturated heterocycles. The van der Waals surface area contributed by atoms with E-state index in [1.54, 1.807) is 39.1 Å². The maximum absolute atomic E-state index is 12.6. The highest BCUT2D eigenvalue weighted by molar-refractivity contribution is 5.83. The summed E-state index contributed by atoms with van der Waals surface area (Å²) in [5.41, 5.74) is 2.86. The third-order valence-corrected chi connectivity index (χ3v) is 5.10. The van der Waals surface area contributed by atoms with E-state index >= 15 is 0 Å². The van der Waals surface area contributed by atoms with Crippen molar-refractivity contribution in [2.75, 3.05) is 0 Å². The first-order valence-corrected chi connectivity index (χ1v) is 10.5. The van der Waals surface area contributed by atoms with Crippen molar-refractivity contribution in [1.82, 2.24) is 20.3 Å². The molecule has 0 fully saturated rings. The summed E-state index contributed by atoms with van der Waals surface area (Å²) in [6.45, 7) is 5.42. The number of rotatable bonds is 6. The Kier molecular flexibility index (Phi) is 5.87. The van der Waals surface area contributed by atoms with E-state index in [2.05, 4.69) is 20.3 Å². The number of nitrogens with zero attached hydrogens (tertiary/aromatic N) is 2. The second-order valence-corrected chi connectivity index (χ2v) is 8.75. The number of ether oxygens (including phenoxy) is 1. The normalized spacial score (nSPS) is 12.5. The summed E-state index contributed by atoms with van der Waals surface area (Å²) >= 11 is 0. The predicted molar refractivity (Wildman–Crippen MR) is 125 cm³/mol. The van der Waals surface area contributed by atoms with E-state index in [-0.39, 0.29) is 5.69 Å². The minimum atomic E-state index is -0.636. The lowest BCUT2D eigenvalue weighted by Gasteiger charge is -2.23. The summed E-state index contributed by atoms with van der Waals surface area (Å²) in [4.78, 5) is 34.0. The molecule has 0 saturated carbocycles. The Morgan fingerprint density at radius 2 is 1.91 bits per heavy atom. The van der Waals surface area contributed by atoms with Crippen LogP contribution >= 0.6 is 0 Å². The van der Waals surface area contributed by atoms with Crippen LogP contribution in [0, 0.1) is 10.1 Å². The van der Waals surface area contributed by atoms with Gasteiger partial charge in [0.15, 0.2) is 0 Å². The molecule has 33 heavy (non-hydrogen) atoms. The first-order valence-electron chi connectivity index (χ1n) is 10.5. The Labute approximate surface area is 190 Å². The fourth-order valence-electron chi connectivity index (χ4n) is 3.61. The average molecular weight is 447 g/mol. The zero-order chi connectivity index (χ0) is 23.6. The molecule has 2 aromatic heterocycles. The maximum Gasteiger partial charge on any atom is 0.408 e. The number of amides is 1. The van der Waals surface area contributed by atoms with Crippen LogP contribution in [-0.2, 0) is 11.2 Å². The number of benzene rings is 2. The number of aromatic amines is 2. The zero-order valence-corrected chi connectivity index (χ0v) is 18.6. The Hall–Kier alpha value is -4.14. The highest BCUT2D eigenvalue weighted by atomic mass is 16.6. The standard InChI is InChI=1S/C24H25N5O4/c1-24(2,3)33-23(30)28-20(12-16-13-25-19-7-5-4-6-18(16)19)22-26-14-21(27-22)15-8-10-17(11-9-15)29(31)32/h4-11,13-14,20,25H,12H2,1-3H3,(H,26,27)(H,28,30). The Balaban J connectivity index is 1.62. The molecule has 2 heterocycles. The minimum Gasteiger partial charge on any atom is -0.444 e. The van der Waals surface area contributed by atoms with Crippen molar-refractivity contribution in [1.29, 1.82) is 0 Å². The van der Waals surface area contributed by atoms with E-state index in [4.69, 9.17) is 4.74 Å². The van der Waals surface area contributed by atoms with Gasteiger partial charge in [0.05, 0.1) is 22.9 Å². The van der Waals surface area contributed by atoms with Gasteiger partial charge in [-0.2, -0.15) is 0 Å². The van der Waals surface area contributed by atoms with Crippen LogP contribution in [0.4, 0.5) is 10.5 Å². The molecule has 0 aliphatic rings. The Morgan fingerprint density at radius 3 is 2.61 bits per heavy atom. The monoisotopic (exact) mass is 447 g/mol. The first kappa shape index (κ1) is 22.1. The molecule has 2 aromatic carbocycles. The SMILES string of the molecule is CC(C)(C)OC(=O)NC(Cc1c[nH]c2ccccc12)c1ncc(-c2ccc([N+](=O)[O-])cc2)[nH]1. The van der Waals surface area contributed by atoms with E-state index in [0.29, 0.717) is 17.9 Å². The summed E-state index contributed by atoms with van der Waals surface area (Å²) in [5.74, 6) is 0.555. The van der Waals surface area contributed by atoms with Gasteiger partial charge in [-0.3, -0.25) is 10.1 Å². The van der Waals surface area contributed by atoms with Crippen LogP contribution in [0.25, 0.3) is 22.2 Å². The highest BCUT2D eigenvalue weighted by Gasteiger charge is 2.24. The second kappa shape index (κ2) is 8.78. The summed E-state index contributed by atoms with van der Waals surface area (Å²) in [7, 11) is 0. The number of nitro benzene ring substituents is 1. The van der Waals surface area contributed by atoms with E-state index in [0.717, 1.165) is 22.0 Å². The van der Waals surface area contributed by atoms with E-state index < -0.39 is 22.7 Å². The van der Waals surface area contributed by atoms with Crippen molar-refractivity contribution in [2.45, 2.75) is 38.8 Å². The van der Waals surface area contributed by atoms with Crippen molar-refractivity contribution in [3.05, 3.63) is 82.4 Å². The number of fused-ring (bicyclic) bond motifs is 1. The Bertz CT molecular complexity index is 1280. The molecule has 0 radical (unpaired) electrons. The van der Waals surface area contributed by atoms with Crippen LogP contribution in [-0.4, -0.2) is 31.6 Å². The van der Waals surface area contributed by atoms with Crippen molar-refractivity contribution in [3.8, 4) is 11.3 Å². The van der Waals surface area contributed by atoms with Crippen molar-refractivity contribution < 1.29 is 14.5 Å². The number of alkyl carbamates (subject to hydrolysis) is 1. The predicted octanol–water partition coefficient (Wildman–Crippen LogP) is 5.27. The molecule has 9 heteroatoms. The molecular weight excluding hydrogens is 422 g/mol. The fourth-order valence-corrected chi connectivity index (χ4v) is 3.61. The van der Waals surface area contributed by atoms with Gasteiger partial charge in [-0.1, -0.05) is 18.2 Å². The van der Waals surface area contributed by atoms with Crippen LogP contribution in [0.1, 0.15) is 38.2 Å². The molecule has 9 nitrogen and oxygen atoms in total. The van der Waals surface area contributed by atoms with Gasteiger partial charge in [0, 0.05) is 41.2 Å². The number of carbonyl (C=O) groups excluding carboxylic acids is 1. The number of imidazole rings is 1. The number of H-pyrrole nitrogens is 2. The number of hydrogen-bond donors (Lipinski definition) is 3. The molecule has 1 amide bonds. The van der Waals surface area contributed by atoms with Crippen LogP contribution < -0.4 is 5.32 Å². The largest absolute Gasteiger partial charge is 0.444 e. The molecule has 0 aliphatic carbocycles. The number of aromatic nitrogens is 3. The van der Waals surface area contributed by atoms with Crippen LogP contribution in [0.15, 0.2) is 60.9 Å². The maximum atomic E-state index is 12.6. The number of hydrogen-bond acceptors (Lipinski definition) is 5. The Morgan fingerprint density at radius 1 is 1.18 bits per heavy atom. The molecule has 1 atom stereocenters. The summed E-state index contributed by atoms with van der Waals surface area (Å²) in [6, 6.07) is 13.7. The van der Waals surface area contributed by atoms with Gasteiger partial charge in [0.25, 0.3) is 5.69 Å². The van der Waals surface area contributed by atoms with Crippen molar-refractivity contribution in [3.63, 3.8) is 0 Å². The number of non-ortho nitro benzene ring substituents is 1. The molecule has 4 aromatic rings. The van der Waals surface area contributed by atoms with Gasteiger partial charge in [0.2, 0.25) is 0 Å². The van der Waals surface area contributed by atoms with Gasteiger partial charge in [0.1, 0.15) is 11.4 Å². The average Bonchev–Trinajstić information content (AvgIpc) is 3.40. The van der Waals surface area contributed by atoms with Gasteiger partial charge in [-0.25, -0.2) is 9.78 Å². The van der Waals surface area contributed by atoms with E-state index in [9.17, 15) is 14.9 Å². The minimum absolute atomic E-state index is 0.0160. The molecule has 0 bridgehead atoms. The number of nitrogens with one attached hydrogen (secondary N) is 3. The number of carbonyl (C=O) groups is 1. The molecule has 0 spiro atoms. The first-order chi connectivity index (χ1) is 15.7. The smallest absolute Gasteiger partial charge is 0.408 e.